The molecule has 1 atom stereocenters. The lowest BCUT2D eigenvalue weighted by atomic mass is 9.98. The summed E-state index contributed by atoms with van der Waals surface area (Å²) in [6.45, 7) is 2.23. The lowest BCUT2D eigenvalue weighted by Crippen LogP contribution is -2.38. The van der Waals surface area contributed by atoms with Crippen LogP contribution in [-0.2, 0) is 4.74 Å². The van der Waals surface area contributed by atoms with Crippen molar-refractivity contribution in [2.45, 2.75) is 12.8 Å². The van der Waals surface area contributed by atoms with E-state index in [9.17, 15) is 9.90 Å². The molecule has 1 aromatic rings. The fourth-order valence-corrected chi connectivity index (χ4v) is 2.61. The molecule has 104 valence electrons. The van der Waals surface area contributed by atoms with Crippen molar-refractivity contribution in [3.05, 3.63) is 22.8 Å². The Morgan fingerprint density at radius 3 is 3.11 bits per heavy atom. The summed E-state index contributed by atoms with van der Waals surface area (Å²) in [5.74, 6) is -0.116. The highest BCUT2D eigenvalue weighted by molar-refractivity contribution is 6.29. The molecular formula is C13H17ClN2O3. The molecule has 0 bridgehead atoms. The van der Waals surface area contributed by atoms with Crippen molar-refractivity contribution in [2.24, 2.45) is 5.92 Å². The number of carboxylic acid groups (broad SMARTS) is 1. The third kappa shape index (κ3) is 3.36. The van der Waals surface area contributed by atoms with Crippen molar-refractivity contribution in [3.63, 3.8) is 0 Å². The van der Waals surface area contributed by atoms with Crippen LogP contribution in [0.25, 0.3) is 0 Å². The van der Waals surface area contributed by atoms with Crippen LogP contribution in [0.4, 0.5) is 5.82 Å². The molecule has 1 saturated heterocycles. The van der Waals surface area contributed by atoms with Gasteiger partial charge < -0.3 is 14.7 Å². The monoisotopic (exact) mass is 284 g/mol. The number of anilines is 1. The van der Waals surface area contributed by atoms with Crippen molar-refractivity contribution in [3.8, 4) is 0 Å². The van der Waals surface area contributed by atoms with E-state index in [2.05, 4.69) is 4.98 Å². The molecule has 5 nitrogen and oxygen atoms in total. The third-order valence-corrected chi connectivity index (χ3v) is 3.50. The Morgan fingerprint density at radius 2 is 2.42 bits per heavy atom. The molecule has 1 aliphatic heterocycles. The number of hydrogen-bond donors (Lipinski definition) is 1. The summed E-state index contributed by atoms with van der Waals surface area (Å²) in [7, 11) is 1.68. The van der Waals surface area contributed by atoms with Gasteiger partial charge in [0.25, 0.3) is 0 Å². The third-order valence-electron chi connectivity index (χ3n) is 3.29. The van der Waals surface area contributed by atoms with Gasteiger partial charge in [0.1, 0.15) is 16.5 Å². The smallest absolute Gasteiger partial charge is 0.339 e. The molecule has 0 aromatic carbocycles. The maximum absolute atomic E-state index is 11.2. The summed E-state index contributed by atoms with van der Waals surface area (Å²) < 4.78 is 5.18. The highest BCUT2D eigenvalue weighted by Crippen LogP contribution is 2.26. The second-order valence-electron chi connectivity index (χ2n) is 4.72. The van der Waals surface area contributed by atoms with Crippen LogP contribution < -0.4 is 4.90 Å². The van der Waals surface area contributed by atoms with Gasteiger partial charge in [-0.15, -0.1) is 0 Å². The molecule has 0 radical (unpaired) electrons. The van der Waals surface area contributed by atoms with Crippen molar-refractivity contribution in [1.29, 1.82) is 0 Å². The number of aromatic carboxylic acids is 1. The van der Waals surface area contributed by atoms with Crippen molar-refractivity contribution in [2.75, 3.05) is 31.7 Å². The van der Waals surface area contributed by atoms with Gasteiger partial charge in [0.2, 0.25) is 0 Å². The van der Waals surface area contributed by atoms with Crippen LogP contribution in [0.3, 0.4) is 0 Å². The minimum Gasteiger partial charge on any atom is -0.478 e. The molecule has 0 aliphatic carbocycles. The summed E-state index contributed by atoms with van der Waals surface area (Å²) in [6.07, 6.45) is 2.09. The number of methoxy groups -OCH3 is 1. The zero-order chi connectivity index (χ0) is 13.8. The number of aromatic nitrogens is 1. The fraction of sp³-hybridized carbons (Fsp3) is 0.538. The standard InChI is InChI=1S/C13H17ClN2O3/c1-19-8-9-3-2-6-16(7-9)12-10(13(17)18)4-5-11(14)15-12/h4-5,9H,2-3,6-8H2,1H3,(H,17,18). The van der Waals surface area contributed by atoms with Gasteiger partial charge in [0.05, 0.1) is 6.61 Å². The van der Waals surface area contributed by atoms with E-state index in [4.69, 9.17) is 16.3 Å². The summed E-state index contributed by atoms with van der Waals surface area (Å²) in [4.78, 5) is 17.4. The van der Waals surface area contributed by atoms with E-state index < -0.39 is 5.97 Å². The Labute approximate surface area is 117 Å². The number of carbonyl (C=O) groups is 1. The Morgan fingerprint density at radius 1 is 1.63 bits per heavy atom. The van der Waals surface area contributed by atoms with Crippen LogP contribution in [0.5, 0.6) is 0 Å². The van der Waals surface area contributed by atoms with Crippen LogP contribution in [-0.4, -0.2) is 42.9 Å². The van der Waals surface area contributed by atoms with Gasteiger partial charge in [-0.25, -0.2) is 9.78 Å². The molecule has 1 aromatic heterocycles. The number of nitrogens with zero attached hydrogens (tertiary/aromatic N) is 2. The first-order valence-corrected chi connectivity index (χ1v) is 6.63. The maximum Gasteiger partial charge on any atom is 0.339 e. The quantitative estimate of drug-likeness (QED) is 0.860. The first-order valence-electron chi connectivity index (χ1n) is 6.25. The largest absolute Gasteiger partial charge is 0.478 e. The number of carboxylic acids is 1. The first kappa shape index (κ1) is 14.1. The molecule has 19 heavy (non-hydrogen) atoms. The molecule has 6 heteroatoms. The lowest BCUT2D eigenvalue weighted by Gasteiger charge is -2.33. The van der Waals surface area contributed by atoms with Gasteiger partial charge in [-0.3, -0.25) is 0 Å². The lowest BCUT2D eigenvalue weighted by molar-refractivity contribution is 0.0697. The molecule has 2 heterocycles. The van der Waals surface area contributed by atoms with Gasteiger partial charge in [-0.1, -0.05) is 11.6 Å². The van der Waals surface area contributed by atoms with E-state index in [1.54, 1.807) is 7.11 Å². The number of piperidine rings is 1. The summed E-state index contributed by atoms with van der Waals surface area (Å²) in [5, 5.41) is 9.54. The second-order valence-corrected chi connectivity index (χ2v) is 5.11. The summed E-state index contributed by atoms with van der Waals surface area (Å²) in [5.41, 5.74) is 0.197. The van der Waals surface area contributed by atoms with Crippen LogP contribution in [0.1, 0.15) is 23.2 Å². The van der Waals surface area contributed by atoms with Crippen molar-refractivity contribution >= 4 is 23.4 Å². The van der Waals surface area contributed by atoms with E-state index in [0.717, 1.165) is 25.9 Å². The summed E-state index contributed by atoms with van der Waals surface area (Å²) >= 11 is 5.88. The molecule has 0 amide bonds. The topological polar surface area (TPSA) is 62.7 Å². The van der Waals surface area contributed by atoms with E-state index >= 15 is 0 Å². The Bertz CT molecular complexity index is 465. The highest BCUT2D eigenvalue weighted by atomic mass is 35.5. The molecule has 0 spiro atoms. The number of pyridine rings is 1. The average molecular weight is 285 g/mol. The van der Waals surface area contributed by atoms with Gasteiger partial charge in [0.15, 0.2) is 0 Å². The van der Waals surface area contributed by atoms with Crippen LogP contribution in [0.2, 0.25) is 5.15 Å². The van der Waals surface area contributed by atoms with E-state index in [1.807, 2.05) is 4.90 Å². The molecule has 2 rings (SSSR count). The molecule has 1 aliphatic rings. The predicted molar refractivity (Wildman–Crippen MR) is 73.0 cm³/mol. The maximum atomic E-state index is 11.2. The van der Waals surface area contributed by atoms with E-state index in [-0.39, 0.29) is 5.56 Å². The minimum atomic E-state index is -0.979. The number of rotatable bonds is 4. The molecule has 1 fully saturated rings. The predicted octanol–water partition coefficient (Wildman–Crippen LogP) is 2.30. The Kier molecular flexibility index (Phi) is 4.61. The average Bonchev–Trinajstić information content (AvgIpc) is 2.39. The zero-order valence-electron chi connectivity index (χ0n) is 10.8. The second kappa shape index (κ2) is 6.21. The fourth-order valence-electron chi connectivity index (χ4n) is 2.46. The van der Waals surface area contributed by atoms with Crippen LogP contribution in [0, 0.1) is 5.92 Å². The van der Waals surface area contributed by atoms with Gasteiger partial charge in [-0.05, 0) is 30.9 Å². The van der Waals surface area contributed by atoms with E-state index in [0.29, 0.717) is 23.5 Å². The number of hydrogen-bond acceptors (Lipinski definition) is 4. The van der Waals surface area contributed by atoms with Crippen molar-refractivity contribution in [1.82, 2.24) is 4.98 Å². The first-order chi connectivity index (χ1) is 9.11. The molecule has 1 N–H and O–H groups in total. The molecule has 1 unspecified atom stereocenters. The van der Waals surface area contributed by atoms with Crippen LogP contribution >= 0.6 is 11.6 Å². The minimum absolute atomic E-state index is 0.197. The number of ether oxygens (including phenoxy) is 1. The number of halogens is 1. The van der Waals surface area contributed by atoms with Crippen LogP contribution in [0.15, 0.2) is 12.1 Å². The SMILES string of the molecule is COCC1CCCN(c2nc(Cl)ccc2C(=O)O)C1. The van der Waals surface area contributed by atoms with Crippen molar-refractivity contribution < 1.29 is 14.6 Å². The van der Waals surface area contributed by atoms with Gasteiger partial charge in [0, 0.05) is 20.2 Å². The van der Waals surface area contributed by atoms with Gasteiger partial charge in [-0.2, -0.15) is 0 Å². The Hall–Kier alpha value is -1.33. The highest BCUT2D eigenvalue weighted by Gasteiger charge is 2.24. The summed E-state index contributed by atoms with van der Waals surface area (Å²) in [6, 6.07) is 3.01. The van der Waals surface area contributed by atoms with E-state index in [1.165, 1.54) is 12.1 Å². The molecule has 0 saturated carbocycles. The Balaban J connectivity index is 2.24. The zero-order valence-corrected chi connectivity index (χ0v) is 11.6. The molecular weight excluding hydrogens is 268 g/mol. The normalized spacial score (nSPS) is 19.5. The van der Waals surface area contributed by atoms with Gasteiger partial charge >= 0.3 is 5.97 Å².